The van der Waals surface area contributed by atoms with Crippen molar-refractivity contribution in [1.82, 2.24) is 14.7 Å². The highest BCUT2D eigenvalue weighted by Crippen LogP contribution is 2.28. The van der Waals surface area contributed by atoms with Crippen LogP contribution in [0.3, 0.4) is 0 Å². The number of rotatable bonds is 4. The Morgan fingerprint density at radius 3 is 2.39 bits per heavy atom. The number of nitrogens with two attached hydrogens (primary N) is 1. The Morgan fingerprint density at radius 1 is 1.39 bits per heavy atom. The minimum Gasteiger partial charge on any atom is -0.394 e. The Kier molecular flexibility index (Phi) is 4.21. The van der Waals surface area contributed by atoms with E-state index in [1.165, 1.54) is 0 Å². The zero-order chi connectivity index (χ0) is 14.0. The second kappa shape index (κ2) is 5.29. The van der Waals surface area contributed by atoms with Gasteiger partial charge in [0, 0.05) is 27.2 Å². The quantitative estimate of drug-likeness (QED) is 0.865. The first-order chi connectivity index (χ1) is 8.25. The summed E-state index contributed by atoms with van der Waals surface area (Å²) in [5, 5.41) is 4.41. The molecule has 0 saturated carbocycles. The molecule has 0 aliphatic rings. The number of anilines is 2. The number of hydrogen-bond acceptors (Lipinski definition) is 4. The van der Waals surface area contributed by atoms with E-state index in [1.54, 1.807) is 19.0 Å². The van der Waals surface area contributed by atoms with Crippen molar-refractivity contribution in [3.8, 4) is 0 Å². The van der Waals surface area contributed by atoms with Crippen LogP contribution in [0.1, 0.15) is 25.6 Å². The molecule has 0 atom stereocenters. The number of aryl methyl sites for hydroxylation is 1. The minimum absolute atomic E-state index is 0.0334. The highest BCUT2D eigenvalue weighted by Gasteiger charge is 2.20. The standard InChI is InChI=1S/C12H23N5O/c1-8(2)17-12(11(13)9(3)14-17)16(6)7-10(18)15(4)5/h8H,7,13H2,1-6H3. The molecular formula is C12H23N5O. The first-order valence-corrected chi connectivity index (χ1v) is 6.01. The molecule has 0 fully saturated rings. The average molecular weight is 253 g/mol. The number of nitrogens with zero attached hydrogens (tertiary/aromatic N) is 4. The Morgan fingerprint density at radius 2 is 1.94 bits per heavy atom. The number of aromatic nitrogens is 2. The Bertz CT molecular complexity index is 436. The number of amides is 1. The van der Waals surface area contributed by atoms with Crippen molar-refractivity contribution in [2.75, 3.05) is 38.3 Å². The summed E-state index contributed by atoms with van der Waals surface area (Å²) in [5.74, 6) is 0.837. The summed E-state index contributed by atoms with van der Waals surface area (Å²) in [7, 11) is 5.34. The highest BCUT2D eigenvalue weighted by molar-refractivity contribution is 5.82. The van der Waals surface area contributed by atoms with E-state index in [0.29, 0.717) is 5.69 Å². The third-order valence-corrected chi connectivity index (χ3v) is 2.83. The van der Waals surface area contributed by atoms with E-state index >= 15 is 0 Å². The van der Waals surface area contributed by atoms with Gasteiger partial charge in [-0.1, -0.05) is 0 Å². The first kappa shape index (κ1) is 14.3. The normalized spacial score (nSPS) is 10.8. The molecule has 6 nitrogen and oxygen atoms in total. The molecule has 1 amide bonds. The van der Waals surface area contributed by atoms with Crippen LogP contribution in [-0.2, 0) is 4.79 Å². The van der Waals surface area contributed by atoms with E-state index in [2.05, 4.69) is 5.10 Å². The second-order valence-corrected chi connectivity index (χ2v) is 5.01. The maximum atomic E-state index is 11.7. The molecule has 2 N–H and O–H groups in total. The van der Waals surface area contributed by atoms with Gasteiger partial charge in [-0.15, -0.1) is 0 Å². The van der Waals surface area contributed by atoms with Crippen molar-refractivity contribution in [1.29, 1.82) is 0 Å². The van der Waals surface area contributed by atoms with Gasteiger partial charge in [0.25, 0.3) is 0 Å². The molecule has 1 aromatic rings. The summed E-state index contributed by atoms with van der Waals surface area (Å²) in [6, 6.07) is 0.202. The van der Waals surface area contributed by atoms with Crippen molar-refractivity contribution in [2.24, 2.45) is 0 Å². The number of nitrogen functional groups attached to an aromatic ring is 1. The summed E-state index contributed by atoms with van der Waals surface area (Å²) in [4.78, 5) is 15.1. The lowest BCUT2D eigenvalue weighted by molar-refractivity contribution is -0.127. The SMILES string of the molecule is Cc1nn(C(C)C)c(N(C)CC(=O)N(C)C)c1N. The maximum absolute atomic E-state index is 11.7. The van der Waals surface area contributed by atoms with Crippen LogP contribution in [0.2, 0.25) is 0 Å². The highest BCUT2D eigenvalue weighted by atomic mass is 16.2. The Labute approximate surface area is 108 Å². The molecule has 1 rings (SSSR count). The zero-order valence-corrected chi connectivity index (χ0v) is 12.1. The van der Waals surface area contributed by atoms with Crippen LogP contribution >= 0.6 is 0 Å². The fourth-order valence-corrected chi connectivity index (χ4v) is 1.71. The summed E-state index contributed by atoms with van der Waals surface area (Å²) < 4.78 is 1.85. The first-order valence-electron chi connectivity index (χ1n) is 6.01. The average Bonchev–Trinajstić information content (AvgIpc) is 2.55. The van der Waals surface area contributed by atoms with E-state index in [1.807, 2.05) is 37.4 Å². The Balaban J connectivity index is 3.04. The monoisotopic (exact) mass is 253 g/mol. The van der Waals surface area contributed by atoms with Gasteiger partial charge < -0.3 is 15.5 Å². The van der Waals surface area contributed by atoms with Crippen LogP contribution in [-0.4, -0.2) is 48.3 Å². The third kappa shape index (κ3) is 2.75. The molecule has 0 radical (unpaired) electrons. The van der Waals surface area contributed by atoms with Crippen LogP contribution < -0.4 is 10.6 Å². The molecule has 0 aliphatic heterocycles. The van der Waals surface area contributed by atoms with Crippen LogP contribution in [0.4, 0.5) is 11.5 Å². The fraction of sp³-hybridized carbons (Fsp3) is 0.667. The lowest BCUT2D eigenvalue weighted by atomic mass is 10.3. The molecule has 0 spiro atoms. The van der Waals surface area contributed by atoms with E-state index in [9.17, 15) is 4.79 Å². The predicted molar refractivity (Wildman–Crippen MR) is 73.7 cm³/mol. The molecule has 0 aromatic carbocycles. The van der Waals surface area contributed by atoms with E-state index in [0.717, 1.165) is 11.5 Å². The van der Waals surface area contributed by atoms with E-state index in [-0.39, 0.29) is 18.5 Å². The fourth-order valence-electron chi connectivity index (χ4n) is 1.71. The predicted octanol–water partition coefficient (Wildman–Crippen LogP) is 0.879. The summed E-state index contributed by atoms with van der Waals surface area (Å²) in [6.07, 6.45) is 0. The summed E-state index contributed by atoms with van der Waals surface area (Å²) in [6.45, 7) is 6.24. The molecule has 0 aliphatic carbocycles. The maximum Gasteiger partial charge on any atom is 0.241 e. The number of carbonyl (C=O) groups is 1. The van der Waals surface area contributed by atoms with Crippen molar-refractivity contribution in [3.63, 3.8) is 0 Å². The van der Waals surface area contributed by atoms with Crippen molar-refractivity contribution in [3.05, 3.63) is 5.69 Å². The molecule has 1 aromatic heterocycles. The van der Waals surface area contributed by atoms with Gasteiger partial charge in [-0.05, 0) is 20.8 Å². The largest absolute Gasteiger partial charge is 0.394 e. The van der Waals surface area contributed by atoms with Crippen LogP contribution in [0.5, 0.6) is 0 Å². The van der Waals surface area contributed by atoms with Gasteiger partial charge in [-0.25, -0.2) is 4.68 Å². The molecular weight excluding hydrogens is 230 g/mol. The molecule has 0 saturated heterocycles. The van der Waals surface area contributed by atoms with Crippen LogP contribution in [0, 0.1) is 6.92 Å². The smallest absolute Gasteiger partial charge is 0.241 e. The lowest BCUT2D eigenvalue weighted by Gasteiger charge is -2.23. The molecule has 1 heterocycles. The number of carbonyl (C=O) groups excluding carboxylic acids is 1. The van der Waals surface area contributed by atoms with Crippen molar-refractivity contribution in [2.45, 2.75) is 26.8 Å². The summed E-state index contributed by atoms with van der Waals surface area (Å²) >= 11 is 0. The topological polar surface area (TPSA) is 67.4 Å². The zero-order valence-electron chi connectivity index (χ0n) is 12.1. The van der Waals surface area contributed by atoms with Crippen molar-refractivity contribution >= 4 is 17.4 Å². The van der Waals surface area contributed by atoms with Gasteiger partial charge in [0.1, 0.15) is 0 Å². The lowest BCUT2D eigenvalue weighted by Crippen LogP contribution is -2.35. The van der Waals surface area contributed by atoms with Gasteiger partial charge in [0.2, 0.25) is 5.91 Å². The summed E-state index contributed by atoms with van der Waals surface area (Å²) in [5.41, 5.74) is 7.48. The van der Waals surface area contributed by atoms with Crippen LogP contribution in [0.15, 0.2) is 0 Å². The van der Waals surface area contributed by atoms with Crippen molar-refractivity contribution < 1.29 is 4.79 Å². The van der Waals surface area contributed by atoms with Gasteiger partial charge in [-0.2, -0.15) is 5.10 Å². The molecule has 0 bridgehead atoms. The van der Waals surface area contributed by atoms with E-state index in [4.69, 9.17) is 5.73 Å². The minimum atomic E-state index is 0.0334. The molecule has 0 unspecified atom stereocenters. The molecule has 6 heteroatoms. The van der Waals surface area contributed by atoms with Gasteiger partial charge >= 0.3 is 0 Å². The molecule has 102 valence electrons. The van der Waals surface area contributed by atoms with E-state index < -0.39 is 0 Å². The van der Waals surface area contributed by atoms with Gasteiger partial charge in [0.15, 0.2) is 5.82 Å². The number of likely N-dealkylation sites (N-methyl/N-ethyl adjacent to an activating group) is 2. The third-order valence-electron chi connectivity index (χ3n) is 2.83. The molecule has 18 heavy (non-hydrogen) atoms. The van der Waals surface area contributed by atoms with Gasteiger partial charge in [0.05, 0.1) is 17.9 Å². The Hall–Kier alpha value is -1.72. The second-order valence-electron chi connectivity index (χ2n) is 5.01. The number of hydrogen-bond donors (Lipinski definition) is 1. The van der Waals surface area contributed by atoms with Gasteiger partial charge in [-0.3, -0.25) is 4.79 Å². The van der Waals surface area contributed by atoms with Crippen LogP contribution in [0.25, 0.3) is 0 Å².